The molecule has 1 aliphatic heterocycles. The molecular weight excluding hydrogens is 475 g/mol. The van der Waals surface area contributed by atoms with E-state index in [9.17, 15) is 18.0 Å². The number of hydrogen-bond donors (Lipinski definition) is 1. The summed E-state index contributed by atoms with van der Waals surface area (Å²) in [7, 11) is 0. The number of hydrogen-bond acceptors (Lipinski definition) is 7. The fourth-order valence-corrected chi connectivity index (χ4v) is 4.94. The van der Waals surface area contributed by atoms with Crippen LogP contribution in [-0.4, -0.2) is 63.9 Å². The molecule has 36 heavy (non-hydrogen) atoms. The van der Waals surface area contributed by atoms with Crippen molar-refractivity contribution >= 4 is 5.91 Å². The minimum absolute atomic E-state index is 0.0308. The maximum atomic E-state index is 12.8. The van der Waals surface area contributed by atoms with Crippen molar-refractivity contribution < 1.29 is 27.2 Å². The van der Waals surface area contributed by atoms with Crippen LogP contribution in [0.2, 0.25) is 0 Å². The average Bonchev–Trinajstić information content (AvgIpc) is 3.12. The topological polar surface area (TPSA) is 93.4 Å². The maximum Gasteiger partial charge on any atom is 0.425 e. The van der Waals surface area contributed by atoms with Gasteiger partial charge in [0, 0.05) is 44.2 Å². The molecule has 3 heterocycles. The summed E-state index contributed by atoms with van der Waals surface area (Å²) in [6, 6.07) is 3.58. The molecule has 0 aromatic carbocycles. The highest BCUT2D eigenvalue weighted by atomic mass is 19.4. The number of carbonyl (C=O) groups is 1. The number of nitrogens with one attached hydrogen (secondary N) is 1. The third-order valence-corrected chi connectivity index (χ3v) is 7.12. The molecule has 1 saturated carbocycles. The van der Waals surface area contributed by atoms with Gasteiger partial charge in [0.1, 0.15) is 0 Å². The fourth-order valence-electron chi connectivity index (χ4n) is 4.94. The molecule has 1 fully saturated rings. The molecule has 2 aromatic heterocycles. The van der Waals surface area contributed by atoms with Gasteiger partial charge in [0.15, 0.2) is 11.9 Å². The normalized spacial score (nSPS) is 21.9. The van der Waals surface area contributed by atoms with Crippen LogP contribution in [0, 0.1) is 12.8 Å². The number of ether oxygens (including phenoxy) is 1. The van der Waals surface area contributed by atoms with Gasteiger partial charge in [0.05, 0.1) is 6.42 Å². The summed E-state index contributed by atoms with van der Waals surface area (Å²) >= 11 is 0. The summed E-state index contributed by atoms with van der Waals surface area (Å²) in [6.07, 6.45) is 0.574. The largest absolute Gasteiger partial charge is 0.465 e. The van der Waals surface area contributed by atoms with Crippen LogP contribution < -0.4 is 10.1 Å². The Morgan fingerprint density at radius 1 is 1.19 bits per heavy atom. The van der Waals surface area contributed by atoms with Crippen molar-refractivity contribution in [3.8, 4) is 5.88 Å². The molecule has 0 bridgehead atoms. The molecule has 1 atom stereocenters. The standard InChI is InChI=1S/C25H34F3N5O3/c1-16(25(26,27)28)35-24-8-5-19-10-13-33(14-11-21(19)31-24)12-9-18-3-6-20(7-4-18)30-23(34)15-22-29-17(2)36-32-22/h5,8,16,18,20H,3-4,6-7,9-15H2,1-2H3,(H,30,34)/t16-,18?,20?/m1/s1. The number of halogens is 3. The number of pyridine rings is 1. The number of aryl methyl sites for hydroxylation is 1. The zero-order valence-electron chi connectivity index (χ0n) is 20.8. The molecule has 0 radical (unpaired) electrons. The Hall–Kier alpha value is -2.69. The summed E-state index contributed by atoms with van der Waals surface area (Å²) in [4.78, 5) is 23.1. The van der Waals surface area contributed by atoms with E-state index in [1.54, 1.807) is 6.92 Å². The molecule has 2 aliphatic rings. The number of rotatable bonds is 8. The minimum Gasteiger partial charge on any atom is -0.465 e. The van der Waals surface area contributed by atoms with Crippen molar-refractivity contribution in [2.45, 2.75) is 83.5 Å². The number of fused-ring (bicyclic) bond motifs is 1. The lowest BCUT2D eigenvalue weighted by atomic mass is 9.84. The summed E-state index contributed by atoms with van der Waals surface area (Å²) in [5.41, 5.74) is 1.91. The minimum atomic E-state index is -4.41. The van der Waals surface area contributed by atoms with Gasteiger partial charge >= 0.3 is 6.18 Å². The summed E-state index contributed by atoms with van der Waals surface area (Å²) in [5, 5.41) is 6.87. The van der Waals surface area contributed by atoms with Crippen molar-refractivity contribution in [1.29, 1.82) is 0 Å². The molecule has 8 nitrogen and oxygen atoms in total. The Balaban J connectivity index is 1.17. The molecule has 0 spiro atoms. The van der Waals surface area contributed by atoms with Crippen LogP contribution in [0.15, 0.2) is 16.7 Å². The summed E-state index contributed by atoms with van der Waals surface area (Å²) in [5.74, 6) is 1.46. The van der Waals surface area contributed by atoms with Crippen LogP contribution in [0.4, 0.5) is 13.2 Å². The first-order chi connectivity index (χ1) is 17.2. The van der Waals surface area contributed by atoms with Crippen LogP contribution >= 0.6 is 0 Å². The van der Waals surface area contributed by atoms with Crippen molar-refractivity contribution in [2.75, 3.05) is 19.6 Å². The van der Waals surface area contributed by atoms with Gasteiger partial charge in [-0.25, -0.2) is 4.98 Å². The first-order valence-corrected chi connectivity index (χ1v) is 12.7. The van der Waals surface area contributed by atoms with Crippen molar-refractivity contribution in [1.82, 2.24) is 25.3 Å². The number of amides is 1. The SMILES string of the molecule is Cc1nc(CC(=O)NC2CCC(CCN3CCc4ccc(O[C@H](C)C(F)(F)F)nc4CC3)CC2)no1. The number of carbonyl (C=O) groups excluding carboxylic acids is 1. The quantitative estimate of drug-likeness (QED) is 0.578. The molecule has 0 unspecified atom stereocenters. The van der Waals surface area contributed by atoms with Gasteiger partial charge in [-0.15, -0.1) is 0 Å². The van der Waals surface area contributed by atoms with Gasteiger partial charge in [-0.2, -0.15) is 18.2 Å². The van der Waals surface area contributed by atoms with Gasteiger partial charge in [-0.3, -0.25) is 4.79 Å². The number of alkyl halides is 3. The molecular formula is C25H34F3N5O3. The monoisotopic (exact) mass is 509 g/mol. The van der Waals surface area contributed by atoms with E-state index in [4.69, 9.17) is 9.26 Å². The lowest BCUT2D eigenvalue weighted by Crippen LogP contribution is -2.39. The number of nitrogens with zero attached hydrogens (tertiary/aromatic N) is 4. The molecule has 0 saturated heterocycles. The third kappa shape index (κ3) is 7.41. The lowest BCUT2D eigenvalue weighted by Gasteiger charge is -2.30. The van der Waals surface area contributed by atoms with E-state index in [0.717, 1.165) is 76.3 Å². The third-order valence-electron chi connectivity index (χ3n) is 7.12. The second kappa shape index (κ2) is 11.6. The molecule has 1 amide bonds. The highest BCUT2D eigenvalue weighted by Crippen LogP contribution is 2.28. The Kier molecular flexibility index (Phi) is 8.48. The fraction of sp³-hybridized carbons (Fsp3) is 0.680. The van der Waals surface area contributed by atoms with E-state index in [0.29, 0.717) is 24.1 Å². The van der Waals surface area contributed by atoms with E-state index < -0.39 is 12.3 Å². The molecule has 2 aromatic rings. The van der Waals surface area contributed by atoms with E-state index in [-0.39, 0.29) is 24.2 Å². The first-order valence-electron chi connectivity index (χ1n) is 12.7. The molecule has 198 valence electrons. The van der Waals surface area contributed by atoms with Crippen LogP contribution in [-0.2, 0) is 24.1 Å². The maximum absolute atomic E-state index is 12.8. The first kappa shape index (κ1) is 26.4. The van der Waals surface area contributed by atoms with Crippen LogP contribution in [0.25, 0.3) is 0 Å². The van der Waals surface area contributed by atoms with Gasteiger partial charge in [0.25, 0.3) is 0 Å². The Morgan fingerprint density at radius 2 is 1.94 bits per heavy atom. The Labute approximate surface area is 209 Å². The van der Waals surface area contributed by atoms with Crippen LogP contribution in [0.3, 0.4) is 0 Å². The summed E-state index contributed by atoms with van der Waals surface area (Å²) in [6.45, 7) is 5.42. The van der Waals surface area contributed by atoms with E-state index in [2.05, 4.69) is 25.3 Å². The lowest BCUT2D eigenvalue weighted by molar-refractivity contribution is -0.190. The predicted molar refractivity (Wildman–Crippen MR) is 125 cm³/mol. The number of aromatic nitrogens is 3. The second-order valence-corrected chi connectivity index (χ2v) is 9.88. The van der Waals surface area contributed by atoms with Crippen molar-refractivity contribution in [3.05, 3.63) is 35.1 Å². The second-order valence-electron chi connectivity index (χ2n) is 9.88. The van der Waals surface area contributed by atoms with Crippen LogP contribution in [0.5, 0.6) is 5.88 Å². The predicted octanol–water partition coefficient (Wildman–Crippen LogP) is 3.81. The van der Waals surface area contributed by atoms with E-state index in [1.807, 2.05) is 6.07 Å². The zero-order chi connectivity index (χ0) is 25.7. The van der Waals surface area contributed by atoms with E-state index >= 15 is 0 Å². The Morgan fingerprint density at radius 3 is 2.64 bits per heavy atom. The van der Waals surface area contributed by atoms with Crippen LogP contribution in [0.1, 0.15) is 62.0 Å². The van der Waals surface area contributed by atoms with Gasteiger partial charge in [-0.1, -0.05) is 11.2 Å². The van der Waals surface area contributed by atoms with Gasteiger partial charge in [-0.05, 0) is 63.5 Å². The molecule has 1 N–H and O–H groups in total. The van der Waals surface area contributed by atoms with Gasteiger partial charge in [0.2, 0.25) is 17.7 Å². The highest BCUT2D eigenvalue weighted by Gasteiger charge is 2.38. The molecule has 4 rings (SSSR count). The molecule has 1 aliphatic carbocycles. The average molecular weight is 510 g/mol. The van der Waals surface area contributed by atoms with Crippen molar-refractivity contribution in [2.24, 2.45) is 5.92 Å². The zero-order valence-corrected chi connectivity index (χ0v) is 20.8. The van der Waals surface area contributed by atoms with Crippen molar-refractivity contribution in [3.63, 3.8) is 0 Å². The highest BCUT2D eigenvalue weighted by molar-refractivity contribution is 5.78. The van der Waals surface area contributed by atoms with Gasteiger partial charge < -0.3 is 19.5 Å². The van der Waals surface area contributed by atoms with E-state index in [1.165, 1.54) is 6.07 Å². The molecule has 11 heteroatoms. The Bertz CT molecular complexity index is 1020. The summed E-state index contributed by atoms with van der Waals surface area (Å²) < 4.78 is 48.3. The smallest absolute Gasteiger partial charge is 0.425 e.